The first kappa shape index (κ1) is 9.39. The van der Waals surface area contributed by atoms with Crippen LogP contribution in [0.3, 0.4) is 0 Å². The van der Waals surface area contributed by atoms with Crippen molar-refractivity contribution in [2.75, 3.05) is 0 Å². The molecule has 0 aliphatic rings. The molecule has 15 heavy (non-hydrogen) atoms. The summed E-state index contributed by atoms with van der Waals surface area (Å²) in [6, 6.07) is 3.29. The first-order valence-electron chi connectivity index (χ1n) is 4.04. The lowest BCUT2D eigenvalue weighted by atomic mass is 10.1. The number of carbonyl (C=O) groups is 2. The van der Waals surface area contributed by atoms with E-state index in [1.54, 1.807) is 0 Å². The van der Waals surface area contributed by atoms with E-state index in [9.17, 15) is 14.0 Å². The number of hydrogen-bond donors (Lipinski definition) is 1. The number of halogens is 1. The lowest BCUT2D eigenvalue weighted by molar-refractivity contribution is 0.0697. The standard InChI is InChI=1S/C10H5FO4/c11-8-2-1-6(10(13)14)9-7(8)3-5(4-12)15-9/h1-4H,(H,13,14). The molecule has 2 aromatic rings. The van der Waals surface area contributed by atoms with E-state index in [0.717, 1.165) is 12.1 Å². The van der Waals surface area contributed by atoms with E-state index >= 15 is 0 Å². The molecular formula is C10H5FO4. The molecular weight excluding hydrogens is 203 g/mol. The quantitative estimate of drug-likeness (QED) is 0.767. The first-order chi connectivity index (χ1) is 7.13. The summed E-state index contributed by atoms with van der Waals surface area (Å²) in [5.41, 5.74) is -0.288. The van der Waals surface area contributed by atoms with Crippen LogP contribution in [0.15, 0.2) is 22.6 Å². The second-order valence-electron chi connectivity index (χ2n) is 2.91. The Hall–Kier alpha value is -2.17. The lowest BCUT2D eigenvalue weighted by Gasteiger charge is -1.95. The zero-order valence-electron chi connectivity index (χ0n) is 7.36. The van der Waals surface area contributed by atoms with Crippen molar-refractivity contribution in [1.29, 1.82) is 0 Å². The molecule has 76 valence electrons. The maximum atomic E-state index is 13.2. The summed E-state index contributed by atoms with van der Waals surface area (Å²) in [7, 11) is 0. The number of carboxylic acids is 1. The van der Waals surface area contributed by atoms with Gasteiger partial charge in [-0.1, -0.05) is 0 Å². The van der Waals surface area contributed by atoms with Gasteiger partial charge in [0.2, 0.25) is 0 Å². The Morgan fingerprint density at radius 2 is 2.20 bits per heavy atom. The Labute approximate surface area is 82.9 Å². The van der Waals surface area contributed by atoms with Crippen molar-refractivity contribution in [3.63, 3.8) is 0 Å². The predicted molar refractivity (Wildman–Crippen MR) is 48.5 cm³/mol. The van der Waals surface area contributed by atoms with Crippen molar-refractivity contribution >= 4 is 23.2 Å². The van der Waals surface area contributed by atoms with Crippen molar-refractivity contribution in [1.82, 2.24) is 0 Å². The SMILES string of the molecule is O=Cc1cc2c(F)ccc(C(=O)O)c2o1. The molecule has 0 amide bonds. The van der Waals surface area contributed by atoms with Crippen LogP contribution in [0, 0.1) is 5.82 Å². The van der Waals surface area contributed by atoms with Crippen LogP contribution in [0.4, 0.5) is 4.39 Å². The summed E-state index contributed by atoms with van der Waals surface area (Å²) in [4.78, 5) is 21.2. The highest BCUT2D eigenvalue weighted by Gasteiger charge is 2.16. The molecule has 4 nitrogen and oxygen atoms in total. The molecule has 1 heterocycles. The third-order valence-corrected chi connectivity index (χ3v) is 2.00. The van der Waals surface area contributed by atoms with Crippen LogP contribution in [-0.2, 0) is 0 Å². The van der Waals surface area contributed by atoms with Gasteiger partial charge in [0.1, 0.15) is 11.4 Å². The zero-order chi connectivity index (χ0) is 11.0. The number of carbonyl (C=O) groups excluding carboxylic acids is 1. The summed E-state index contributed by atoms with van der Waals surface area (Å²) >= 11 is 0. The Morgan fingerprint density at radius 1 is 1.47 bits per heavy atom. The van der Waals surface area contributed by atoms with E-state index in [0.29, 0.717) is 6.29 Å². The molecule has 0 radical (unpaired) electrons. The fraction of sp³-hybridized carbons (Fsp3) is 0. The molecule has 1 aromatic carbocycles. The van der Waals surface area contributed by atoms with Gasteiger partial charge in [-0.2, -0.15) is 0 Å². The van der Waals surface area contributed by atoms with Gasteiger partial charge in [0, 0.05) is 0 Å². The van der Waals surface area contributed by atoms with Crippen LogP contribution in [0.5, 0.6) is 0 Å². The van der Waals surface area contributed by atoms with Crippen LogP contribution >= 0.6 is 0 Å². The maximum absolute atomic E-state index is 13.2. The van der Waals surface area contributed by atoms with Gasteiger partial charge in [0.15, 0.2) is 17.6 Å². The van der Waals surface area contributed by atoms with Gasteiger partial charge in [-0.25, -0.2) is 9.18 Å². The highest BCUT2D eigenvalue weighted by atomic mass is 19.1. The third kappa shape index (κ3) is 1.38. The number of furan rings is 1. The van der Waals surface area contributed by atoms with Crippen molar-refractivity contribution in [2.24, 2.45) is 0 Å². The summed E-state index contributed by atoms with van der Waals surface area (Å²) in [5, 5.41) is 8.78. The van der Waals surface area contributed by atoms with Gasteiger partial charge < -0.3 is 9.52 Å². The minimum Gasteiger partial charge on any atom is -0.478 e. The first-order valence-corrected chi connectivity index (χ1v) is 4.04. The number of hydrogen-bond acceptors (Lipinski definition) is 3. The van der Waals surface area contributed by atoms with E-state index in [2.05, 4.69) is 0 Å². The predicted octanol–water partition coefficient (Wildman–Crippen LogP) is 2.08. The molecule has 0 unspecified atom stereocenters. The number of carboxylic acid groups (broad SMARTS) is 1. The minimum absolute atomic E-state index is 0.00278. The fourth-order valence-electron chi connectivity index (χ4n) is 1.34. The van der Waals surface area contributed by atoms with Crippen LogP contribution in [0.25, 0.3) is 11.0 Å². The van der Waals surface area contributed by atoms with Gasteiger partial charge in [0.05, 0.1) is 5.39 Å². The third-order valence-electron chi connectivity index (χ3n) is 2.00. The Balaban J connectivity index is 2.85. The van der Waals surface area contributed by atoms with Crippen LogP contribution in [0.2, 0.25) is 0 Å². The lowest BCUT2D eigenvalue weighted by Crippen LogP contribution is -1.96. The molecule has 0 saturated heterocycles. The highest BCUT2D eigenvalue weighted by Crippen LogP contribution is 2.25. The molecule has 0 aliphatic carbocycles. The maximum Gasteiger partial charge on any atom is 0.339 e. The van der Waals surface area contributed by atoms with E-state index in [4.69, 9.17) is 9.52 Å². The van der Waals surface area contributed by atoms with Crippen molar-refractivity contribution in [3.8, 4) is 0 Å². The number of fused-ring (bicyclic) bond motifs is 1. The highest BCUT2D eigenvalue weighted by molar-refractivity contribution is 6.02. The smallest absolute Gasteiger partial charge is 0.339 e. The second-order valence-corrected chi connectivity index (χ2v) is 2.91. The van der Waals surface area contributed by atoms with Gasteiger partial charge in [-0.3, -0.25) is 4.79 Å². The van der Waals surface area contributed by atoms with E-state index in [1.165, 1.54) is 6.07 Å². The molecule has 0 bridgehead atoms. The molecule has 0 aliphatic heterocycles. The van der Waals surface area contributed by atoms with E-state index in [1.807, 2.05) is 0 Å². The molecule has 1 aromatic heterocycles. The van der Waals surface area contributed by atoms with Crippen LogP contribution in [-0.4, -0.2) is 17.4 Å². The van der Waals surface area contributed by atoms with Gasteiger partial charge in [0.25, 0.3) is 0 Å². The Kier molecular flexibility index (Phi) is 2.00. The van der Waals surface area contributed by atoms with Crippen molar-refractivity contribution in [2.45, 2.75) is 0 Å². The number of rotatable bonds is 2. The van der Waals surface area contributed by atoms with E-state index in [-0.39, 0.29) is 22.3 Å². The molecule has 0 spiro atoms. The molecule has 0 atom stereocenters. The Bertz CT molecular complexity index is 556. The molecule has 5 heteroatoms. The molecule has 0 saturated carbocycles. The number of benzene rings is 1. The van der Waals surface area contributed by atoms with Crippen LogP contribution < -0.4 is 0 Å². The summed E-state index contributed by atoms with van der Waals surface area (Å²) in [6.07, 6.45) is 0.394. The number of aromatic carboxylic acids is 1. The Morgan fingerprint density at radius 3 is 2.80 bits per heavy atom. The zero-order valence-corrected chi connectivity index (χ0v) is 7.36. The largest absolute Gasteiger partial charge is 0.478 e. The number of aldehydes is 1. The summed E-state index contributed by atoms with van der Waals surface area (Å²) < 4.78 is 18.1. The minimum atomic E-state index is -1.23. The second kappa shape index (κ2) is 3.20. The van der Waals surface area contributed by atoms with E-state index < -0.39 is 11.8 Å². The van der Waals surface area contributed by atoms with Gasteiger partial charge in [-0.15, -0.1) is 0 Å². The monoisotopic (exact) mass is 208 g/mol. The molecule has 2 rings (SSSR count). The topological polar surface area (TPSA) is 67.5 Å². The average Bonchev–Trinajstić information content (AvgIpc) is 2.62. The summed E-state index contributed by atoms with van der Waals surface area (Å²) in [6.45, 7) is 0. The molecule has 0 fully saturated rings. The van der Waals surface area contributed by atoms with Gasteiger partial charge in [-0.05, 0) is 18.2 Å². The fourth-order valence-corrected chi connectivity index (χ4v) is 1.34. The molecule has 1 N–H and O–H groups in total. The van der Waals surface area contributed by atoms with Crippen LogP contribution in [0.1, 0.15) is 20.9 Å². The summed E-state index contributed by atoms with van der Waals surface area (Å²) in [5.74, 6) is -1.95. The van der Waals surface area contributed by atoms with Crippen molar-refractivity contribution in [3.05, 3.63) is 35.3 Å². The average molecular weight is 208 g/mol. The normalized spacial score (nSPS) is 10.5. The van der Waals surface area contributed by atoms with Crippen molar-refractivity contribution < 1.29 is 23.5 Å². The van der Waals surface area contributed by atoms with Gasteiger partial charge >= 0.3 is 5.97 Å².